The lowest BCUT2D eigenvalue weighted by molar-refractivity contribution is 0.0782. The maximum atomic E-state index is 13.0. The third kappa shape index (κ3) is 3.37. The van der Waals surface area contributed by atoms with E-state index in [0.717, 1.165) is 37.6 Å². The number of amides is 1. The van der Waals surface area contributed by atoms with Crippen molar-refractivity contribution in [1.82, 2.24) is 15.2 Å². The first-order valence-corrected chi connectivity index (χ1v) is 9.19. The lowest BCUT2D eigenvalue weighted by Crippen LogP contribution is -2.32. The number of hydrogen-bond acceptors (Lipinski definition) is 5. The van der Waals surface area contributed by atoms with Crippen molar-refractivity contribution >= 4 is 17.4 Å². The Balaban J connectivity index is 1.50. The highest BCUT2D eigenvalue weighted by atomic mass is 16.5. The molecule has 1 amide bonds. The van der Waals surface area contributed by atoms with Crippen molar-refractivity contribution in [2.75, 3.05) is 38.1 Å². The molecular formula is C20H24N4O2. The van der Waals surface area contributed by atoms with Crippen LogP contribution in [0.4, 0.5) is 11.5 Å². The van der Waals surface area contributed by atoms with Crippen molar-refractivity contribution in [1.29, 1.82) is 0 Å². The van der Waals surface area contributed by atoms with Gasteiger partial charge in [0.25, 0.3) is 5.91 Å². The van der Waals surface area contributed by atoms with Crippen molar-refractivity contribution in [2.24, 2.45) is 11.8 Å². The lowest BCUT2D eigenvalue weighted by atomic mass is 10.0. The van der Waals surface area contributed by atoms with Crippen LogP contribution in [0.25, 0.3) is 0 Å². The van der Waals surface area contributed by atoms with Crippen LogP contribution >= 0.6 is 0 Å². The van der Waals surface area contributed by atoms with Gasteiger partial charge in [0.1, 0.15) is 11.6 Å². The summed E-state index contributed by atoms with van der Waals surface area (Å²) in [4.78, 5) is 19.4. The van der Waals surface area contributed by atoms with Gasteiger partial charge in [0.05, 0.1) is 12.2 Å². The fourth-order valence-corrected chi connectivity index (χ4v) is 3.81. The van der Waals surface area contributed by atoms with Gasteiger partial charge in [-0.1, -0.05) is 0 Å². The van der Waals surface area contributed by atoms with Crippen molar-refractivity contribution < 1.29 is 9.53 Å². The third-order valence-electron chi connectivity index (χ3n) is 5.14. The fourth-order valence-electron chi connectivity index (χ4n) is 3.81. The molecule has 136 valence electrons. The third-order valence-corrected chi connectivity index (χ3v) is 5.14. The van der Waals surface area contributed by atoms with Crippen LogP contribution < -0.4 is 15.4 Å². The minimum atomic E-state index is 0.0564. The Morgan fingerprint density at radius 3 is 2.65 bits per heavy atom. The molecule has 3 heterocycles. The molecule has 0 bridgehead atoms. The lowest BCUT2D eigenvalue weighted by Gasteiger charge is -2.19. The second-order valence-electron chi connectivity index (χ2n) is 6.87. The first-order chi connectivity index (χ1) is 12.7. The van der Waals surface area contributed by atoms with E-state index >= 15 is 0 Å². The van der Waals surface area contributed by atoms with E-state index in [1.54, 1.807) is 6.20 Å². The molecule has 2 saturated heterocycles. The zero-order chi connectivity index (χ0) is 17.9. The van der Waals surface area contributed by atoms with E-state index in [1.165, 1.54) is 0 Å². The SMILES string of the molecule is CCOc1ccc(Nc2ncccc2C(=O)N2C[C@H]3CNC[C@H]3C2)cc1. The summed E-state index contributed by atoms with van der Waals surface area (Å²) in [6.07, 6.45) is 1.70. The van der Waals surface area contributed by atoms with E-state index < -0.39 is 0 Å². The fraction of sp³-hybridized carbons (Fsp3) is 0.400. The predicted molar refractivity (Wildman–Crippen MR) is 101 cm³/mol. The molecule has 2 fully saturated rings. The number of benzene rings is 1. The molecule has 1 aromatic carbocycles. The monoisotopic (exact) mass is 352 g/mol. The summed E-state index contributed by atoms with van der Waals surface area (Å²) in [5.41, 5.74) is 1.50. The zero-order valence-corrected chi connectivity index (χ0v) is 14.9. The largest absolute Gasteiger partial charge is 0.494 e. The number of rotatable bonds is 5. The molecule has 0 saturated carbocycles. The van der Waals surface area contributed by atoms with Gasteiger partial charge in [-0.25, -0.2) is 4.98 Å². The molecule has 2 atom stereocenters. The summed E-state index contributed by atoms with van der Waals surface area (Å²) < 4.78 is 5.47. The molecule has 4 rings (SSSR count). The molecule has 2 aliphatic rings. The van der Waals surface area contributed by atoms with Crippen LogP contribution in [0, 0.1) is 11.8 Å². The molecule has 1 aromatic heterocycles. The Labute approximate surface area is 153 Å². The van der Waals surface area contributed by atoms with E-state index in [2.05, 4.69) is 15.6 Å². The number of nitrogens with one attached hydrogen (secondary N) is 2. The number of carbonyl (C=O) groups excluding carboxylic acids is 1. The van der Waals surface area contributed by atoms with Crippen molar-refractivity contribution in [3.8, 4) is 5.75 Å². The predicted octanol–water partition coefficient (Wildman–Crippen LogP) is 2.52. The number of ether oxygens (including phenoxy) is 1. The van der Waals surface area contributed by atoms with Gasteiger partial charge in [-0.05, 0) is 55.2 Å². The molecule has 0 aliphatic carbocycles. The quantitative estimate of drug-likeness (QED) is 0.866. The Bertz CT molecular complexity index is 766. The highest BCUT2D eigenvalue weighted by Gasteiger charge is 2.38. The minimum Gasteiger partial charge on any atom is -0.494 e. The second-order valence-corrected chi connectivity index (χ2v) is 6.87. The number of carbonyl (C=O) groups is 1. The Hall–Kier alpha value is -2.60. The number of likely N-dealkylation sites (tertiary alicyclic amines) is 1. The van der Waals surface area contributed by atoms with Crippen LogP contribution in [0.15, 0.2) is 42.6 Å². The van der Waals surface area contributed by atoms with Crippen LogP contribution in [0.2, 0.25) is 0 Å². The molecule has 0 radical (unpaired) electrons. The van der Waals surface area contributed by atoms with E-state index in [1.807, 2.05) is 48.2 Å². The molecule has 0 spiro atoms. The Morgan fingerprint density at radius 2 is 1.96 bits per heavy atom. The molecule has 26 heavy (non-hydrogen) atoms. The van der Waals surface area contributed by atoms with E-state index in [4.69, 9.17) is 4.74 Å². The first-order valence-electron chi connectivity index (χ1n) is 9.19. The molecule has 2 N–H and O–H groups in total. The Kier molecular flexibility index (Phi) is 4.75. The Morgan fingerprint density at radius 1 is 1.23 bits per heavy atom. The van der Waals surface area contributed by atoms with Crippen LogP contribution in [0.3, 0.4) is 0 Å². The number of fused-ring (bicyclic) bond motifs is 1. The highest BCUT2D eigenvalue weighted by Crippen LogP contribution is 2.29. The molecule has 6 heteroatoms. The van der Waals surface area contributed by atoms with E-state index in [0.29, 0.717) is 29.8 Å². The highest BCUT2D eigenvalue weighted by molar-refractivity contribution is 5.99. The molecule has 2 aromatic rings. The van der Waals surface area contributed by atoms with Crippen molar-refractivity contribution in [3.05, 3.63) is 48.2 Å². The van der Waals surface area contributed by atoms with Gasteiger partial charge >= 0.3 is 0 Å². The molecular weight excluding hydrogens is 328 g/mol. The average Bonchev–Trinajstić information content (AvgIpc) is 3.26. The van der Waals surface area contributed by atoms with Crippen molar-refractivity contribution in [2.45, 2.75) is 6.92 Å². The van der Waals surface area contributed by atoms with Crippen LogP contribution in [0.1, 0.15) is 17.3 Å². The van der Waals surface area contributed by atoms with Crippen LogP contribution in [0.5, 0.6) is 5.75 Å². The van der Waals surface area contributed by atoms with Gasteiger partial charge < -0.3 is 20.3 Å². The second kappa shape index (κ2) is 7.33. The summed E-state index contributed by atoms with van der Waals surface area (Å²) in [5, 5.41) is 6.68. The van der Waals surface area contributed by atoms with Gasteiger partial charge in [0.15, 0.2) is 0 Å². The summed E-state index contributed by atoms with van der Waals surface area (Å²) in [7, 11) is 0. The van der Waals surface area contributed by atoms with Crippen LogP contribution in [-0.4, -0.2) is 48.6 Å². The molecule has 0 unspecified atom stereocenters. The van der Waals surface area contributed by atoms with Crippen molar-refractivity contribution in [3.63, 3.8) is 0 Å². The summed E-state index contributed by atoms with van der Waals surface area (Å²) in [6.45, 7) is 6.28. The van der Waals surface area contributed by atoms with E-state index in [-0.39, 0.29) is 5.91 Å². The van der Waals surface area contributed by atoms with E-state index in [9.17, 15) is 4.79 Å². The number of pyridine rings is 1. The van der Waals surface area contributed by atoms with Gasteiger partial charge in [-0.3, -0.25) is 4.79 Å². The van der Waals surface area contributed by atoms with Gasteiger partial charge in [0, 0.05) is 38.1 Å². The number of hydrogen-bond donors (Lipinski definition) is 2. The zero-order valence-electron chi connectivity index (χ0n) is 14.9. The van der Waals surface area contributed by atoms with Gasteiger partial charge in [-0.2, -0.15) is 0 Å². The van der Waals surface area contributed by atoms with Gasteiger partial charge in [0.2, 0.25) is 0 Å². The summed E-state index contributed by atoms with van der Waals surface area (Å²) >= 11 is 0. The first kappa shape index (κ1) is 16.8. The normalized spacial score (nSPS) is 21.5. The summed E-state index contributed by atoms with van der Waals surface area (Å²) in [5.74, 6) is 2.64. The molecule has 6 nitrogen and oxygen atoms in total. The average molecular weight is 352 g/mol. The maximum Gasteiger partial charge on any atom is 0.257 e. The minimum absolute atomic E-state index is 0.0564. The summed E-state index contributed by atoms with van der Waals surface area (Å²) in [6, 6.07) is 11.3. The topological polar surface area (TPSA) is 66.5 Å². The number of nitrogens with zero attached hydrogens (tertiary/aromatic N) is 2. The molecule has 2 aliphatic heterocycles. The number of anilines is 2. The standard InChI is InChI=1S/C20H24N4O2/c1-2-26-17-7-5-16(6-8-17)23-19-18(4-3-9-22-19)20(25)24-12-14-10-21-11-15(14)13-24/h3-9,14-15,21H,2,10-13H2,1H3,(H,22,23)/t14-,15+. The van der Waals surface area contributed by atoms with Crippen LogP contribution in [-0.2, 0) is 0 Å². The smallest absolute Gasteiger partial charge is 0.257 e. The number of aromatic nitrogens is 1. The maximum absolute atomic E-state index is 13.0. The van der Waals surface area contributed by atoms with Gasteiger partial charge in [-0.15, -0.1) is 0 Å².